The fraction of sp³-hybridized carbons (Fsp3) is 0.364. The standard InChI is InChI=1S/C9H10N2.C2H6/c1-8-2-3-9-4-6-10-11(9)7-5-8;1-2/h2,4-7H,3H2,1H3;1-2H3. The van der Waals surface area contributed by atoms with Crippen molar-refractivity contribution < 1.29 is 0 Å². The van der Waals surface area contributed by atoms with Crippen LogP contribution < -0.4 is 0 Å². The van der Waals surface area contributed by atoms with Crippen molar-refractivity contribution in [3.8, 4) is 0 Å². The van der Waals surface area contributed by atoms with E-state index in [-0.39, 0.29) is 0 Å². The summed E-state index contributed by atoms with van der Waals surface area (Å²) >= 11 is 0. The van der Waals surface area contributed by atoms with Gasteiger partial charge >= 0.3 is 0 Å². The van der Waals surface area contributed by atoms with Gasteiger partial charge in [-0.3, -0.25) is 0 Å². The lowest BCUT2D eigenvalue weighted by molar-refractivity contribution is 0.880. The second-order valence-corrected chi connectivity index (χ2v) is 2.74. The number of allylic oxidation sites excluding steroid dienone is 3. The molecule has 2 rings (SSSR count). The number of rotatable bonds is 0. The summed E-state index contributed by atoms with van der Waals surface area (Å²) in [6.45, 7) is 6.10. The van der Waals surface area contributed by atoms with Crippen molar-refractivity contribution in [2.24, 2.45) is 0 Å². The maximum atomic E-state index is 4.15. The summed E-state index contributed by atoms with van der Waals surface area (Å²) in [5.74, 6) is 0. The fourth-order valence-electron chi connectivity index (χ4n) is 1.16. The molecule has 1 aliphatic heterocycles. The molecule has 1 aromatic heterocycles. The molecule has 0 spiro atoms. The van der Waals surface area contributed by atoms with Gasteiger partial charge in [-0.15, -0.1) is 0 Å². The minimum absolute atomic E-state index is 0.985. The average molecular weight is 176 g/mol. The lowest BCUT2D eigenvalue weighted by Gasteiger charge is -1.94. The normalized spacial score (nSPS) is 13.6. The van der Waals surface area contributed by atoms with Gasteiger partial charge in [0.15, 0.2) is 0 Å². The predicted octanol–water partition coefficient (Wildman–Crippen LogP) is 2.88. The number of aromatic nitrogens is 2. The summed E-state index contributed by atoms with van der Waals surface area (Å²) in [6.07, 6.45) is 9.08. The lowest BCUT2D eigenvalue weighted by atomic mass is 10.2. The molecule has 0 radical (unpaired) electrons. The van der Waals surface area contributed by atoms with E-state index in [1.165, 1.54) is 11.3 Å². The zero-order valence-corrected chi connectivity index (χ0v) is 8.49. The van der Waals surface area contributed by atoms with Crippen LogP contribution in [0.5, 0.6) is 0 Å². The smallest absolute Gasteiger partial charge is 0.0496 e. The highest BCUT2D eigenvalue weighted by Crippen LogP contribution is 2.09. The zero-order chi connectivity index (χ0) is 9.68. The molecule has 2 nitrogen and oxygen atoms in total. The Hall–Kier alpha value is -1.31. The first-order valence-electron chi connectivity index (χ1n) is 4.73. The van der Waals surface area contributed by atoms with Crippen molar-refractivity contribution in [2.75, 3.05) is 0 Å². The number of nitrogens with zero attached hydrogens (tertiary/aromatic N) is 2. The third-order valence-electron chi connectivity index (χ3n) is 1.86. The van der Waals surface area contributed by atoms with Crippen LogP contribution in [0.15, 0.2) is 30.0 Å². The molecule has 0 amide bonds. The molecule has 0 N–H and O–H groups in total. The van der Waals surface area contributed by atoms with Crippen LogP contribution in [0.1, 0.15) is 26.5 Å². The summed E-state index contributed by atoms with van der Waals surface area (Å²) in [5.41, 5.74) is 2.55. The highest BCUT2D eigenvalue weighted by atomic mass is 15.3. The highest BCUT2D eigenvalue weighted by Gasteiger charge is 1.99. The van der Waals surface area contributed by atoms with Gasteiger partial charge < -0.3 is 0 Å². The molecule has 2 heterocycles. The molecule has 0 saturated carbocycles. The molecule has 0 fully saturated rings. The lowest BCUT2D eigenvalue weighted by Crippen LogP contribution is -1.92. The summed E-state index contributed by atoms with van der Waals surface area (Å²) in [5, 5.41) is 4.15. The Balaban J connectivity index is 0.000000396. The summed E-state index contributed by atoms with van der Waals surface area (Å²) < 4.78 is 1.91. The fourth-order valence-corrected chi connectivity index (χ4v) is 1.16. The Morgan fingerprint density at radius 3 is 2.92 bits per heavy atom. The predicted molar refractivity (Wildman–Crippen MR) is 56.4 cm³/mol. The highest BCUT2D eigenvalue weighted by molar-refractivity contribution is 5.37. The van der Waals surface area contributed by atoms with E-state index in [0.29, 0.717) is 0 Å². The van der Waals surface area contributed by atoms with Crippen molar-refractivity contribution >= 4 is 6.20 Å². The van der Waals surface area contributed by atoms with Crippen LogP contribution in [0.2, 0.25) is 0 Å². The third-order valence-corrected chi connectivity index (χ3v) is 1.86. The van der Waals surface area contributed by atoms with Crippen molar-refractivity contribution in [2.45, 2.75) is 27.2 Å². The molecule has 0 aliphatic carbocycles. The molecule has 0 aromatic carbocycles. The Labute approximate surface area is 79.6 Å². The van der Waals surface area contributed by atoms with E-state index in [1.807, 2.05) is 37.0 Å². The van der Waals surface area contributed by atoms with Gasteiger partial charge in [0.25, 0.3) is 0 Å². The van der Waals surface area contributed by atoms with Gasteiger partial charge in [0.1, 0.15) is 0 Å². The molecule has 0 bridgehead atoms. The Kier molecular flexibility index (Phi) is 3.50. The molecule has 1 aliphatic rings. The average Bonchev–Trinajstić information content (AvgIpc) is 2.56. The van der Waals surface area contributed by atoms with E-state index in [4.69, 9.17) is 0 Å². The topological polar surface area (TPSA) is 17.8 Å². The van der Waals surface area contributed by atoms with Crippen LogP contribution in [0.3, 0.4) is 0 Å². The third kappa shape index (κ3) is 2.31. The first-order chi connectivity index (χ1) is 6.36. The van der Waals surface area contributed by atoms with Gasteiger partial charge in [0.05, 0.1) is 0 Å². The van der Waals surface area contributed by atoms with Crippen molar-refractivity contribution in [1.29, 1.82) is 0 Å². The quantitative estimate of drug-likeness (QED) is 0.594. The van der Waals surface area contributed by atoms with Crippen LogP contribution >= 0.6 is 0 Å². The van der Waals surface area contributed by atoms with Gasteiger partial charge in [0, 0.05) is 24.5 Å². The molecule has 70 valence electrons. The molecular formula is C11H16N2. The van der Waals surface area contributed by atoms with E-state index >= 15 is 0 Å². The Bertz CT molecular complexity index is 319. The van der Waals surface area contributed by atoms with E-state index in [9.17, 15) is 0 Å². The van der Waals surface area contributed by atoms with Gasteiger partial charge in [-0.1, -0.05) is 25.5 Å². The van der Waals surface area contributed by atoms with Crippen molar-refractivity contribution in [1.82, 2.24) is 9.78 Å². The maximum Gasteiger partial charge on any atom is 0.0496 e. The van der Waals surface area contributed by atoms with Gasteiger partial charge in [0.2, 0.25) is 0 Å². The summed E-state index contributed by atoms with van der Waals surface area (Å²) in [4.78, 5) is 0. The minimum atomic E-state index is 0.985. The summed E-state index contributed by atoms with van der Waals surface area (Å²) in [7, 11) is 0. The largest absolute Gasteiger partial charge is 0.245 e. The van der Waals surface area contributed by atoms with Crippen LogP contribution in [0, 0.1) is 0 Å². The van der Waals surface area contributed by atoms with Crippen LogP contribution in [-0.4, -0.2) is 9.78 Å². The first kappa shape index (κ1) is 9.78. The Morgan fingerprint density at radius 2 is 2.15 bits per heavy atom. The van der Waals surface area contributed by atoms with Gasteiger partial charge in [-0.05, 0) is 19.1 Å². The molecule has 0 atom stereocenters. The number of hydrogen-bond acceptors (Lipinski definition) is 1. The SMILES string of the molecule is CC.CC1=CCc2ccnn2C=C1. The molecular weight excluding hydrogens is 160 g/mol. The second-order valence-electron chi connectivity index (χ2n) is 2.74. The van der Waals surface area contributed by atoms with Crippen LogP contribution in [-0.2, 0) is 6.42 Å². The second kappa shape index (κ2) is 4.65. The minimum Gasteiger partial charge on any atom is -0.245 e. The molecule has 0 unspecified atom stereocenters. The number of fused-ring (bicyclic) bond motifs is 1. The Morgan fingerprint density at radius 1 is 1.38 bits per heavy atom. The molecule has 2 heteroatoms. The first-order valence-corrected chi connectivity index (χ1v) is 4.73. The maximum absolute atomic E-state index is 4.15. The summed E-state index contributed by atoms with van der Waals surface area (Å²) in [6, 6.07) is 2.04. The van der Waals surface area contributed by atoms with Gasteiger partial charge in [-0.2, -0.15) is 5.10 Å². The van der Waals surface area contributed by atoms with Crippen molar-refractivity contribution in [3.05, 3.63) is 35.7 Å². The van der Waals surface area contributed by atoms with Crippen LogP contribution in [0.25, 0.3) is 6.20 Å². The van der Waals surface area contributed by atoms with Crippen molar-refractivity contribution in [3.63, 3.8) is 0 Å². The van der Waals surface area contributed by atoms with E-state index in [0.717, 1.165) is 6.42 Å². The van der Waals surface area contributed by atoms with E-state index < -0.39 is 0 Å². The molecule has 0 saturated heterocycles. The van der Waals surface area contributed by atoms with Gasteiger partial charge in [-0.25, -0.2) is 4.68 Å². The van der Waals surface area contributed by atoms with E-state index in [2.05, 4.69) is 24.2 Å². The monoisotopic (exact) mass is 176 g/mol. The zero-order valence-electron chi connectivity index (χ0n) is 8.49. The number of hydrogen-bond donors (Lipinski definition) is 0. The van der Waals surface area contributed by atoms with E-state index in [1.54, 1.807) is 0 Å². The molecule has 1 aromatic rings. The molecule has 13 heavy (non-hydrogen) atoms. The van der Waals surface area contributed by atoms with Crippen LogP contribution in [0.4, 0.5) is 0 Å².